The summed E-state index contributed by atoms with van der Waals surface area (Å²) >= 11 is 6.03. The predicted molar refractivity (Wildman–Crippen MR) is 101 cm³/mol. The average molecular weight is 369 g/mol. The Kier molecular flexibility index (Phi) is 5.51. The molecule has 0 fully saturated rings. The van der Waals surface area contributed by atoms with E-state index in [4.69, 9.17) is 16.0 Å². The Bertz CT molecular complexity index is 935. The van der Waals surface area contributed by atoms with Crippen molar-refractivity contribution in [2.75, 3.05) is 0 Å². The fourth-order valence-corrected chi connectivity index (χ4v) is 2.61. The van der Waals surface area contributed by atoms with E-state index in [-0.39, 0.29) is 0 Å². The van der Waals surface area contributed by atoms with Gasteiger partial charge in [-0.3, -0.25) is 4.79 Å². The third-order valence-corrected chi connectivity index (χ3v) is 4.06. The van der Waals surface area contributed by atoms with Crippen molar-refractivity contribution >= 4 is 23.7 Å². The number of aliphatic hydroxyl groups excluding tert-OH is 1. The maximum Gasteiger partial charge on any atom is 0.273 e. The Labute approximate surface area is 155 Å². The summed E-state index contributed by atoms with van der Waals surface area (Å²) in [6.45, 7) is 1.97. The van der Waals surface area contributed by atoms with Crippen molar-refractivity contribution in [2.45, 2.75) is 13.0 Å². The van der Waals surface area contributed by atoms with Crippen LogP contribution in [-0.2, 0) is 4.79 Å². The van der Waals surface area contributed by atoms with Crippen LogP contribution in [-0.4, -0.2) is 17.2 Å². The number of halogens is 1. The molecule has 26 heavy (non-hydrogen) atoms. The van der Waals surface area contributed by atoms with Crippen LogP contribution in [0, 0.1) is 6.92 Å². The second kappa shape index (κ2) is 7.99. The van der Waals surface area contributed by atoms with Crippen LogP contribution in [0.2, 0.25) is 5.02 Å². The van der Waals surface area contributed by atoms with Gasteiger partial charge in [-0.2, -0.15) is 5.10 Å². The number of hydrogen-bond acceptors (Lipinski definition) is 4. The van der Waals surface area contributed by atoms with Crippen LogP contribution >= 0.6 is 11.6 Å². The number of aliphatic hydroxyl groups is 1. The fourth-order valence-electron chi connectivity index (χ4n) is 2.43. The van der Waals surface area contributed by atoms with Crippen molar-refractivity contribution < 1.29 is 14.3 Å². The Morgan fingerprint density at radius 1 is 1.19 bits per heavy atom. The Morgan fingerprint density at radius 2 is 1.96 bits per heavy atom. The SMILES string of the molecule is Cc1ccc(Cl)cc1-c1ccc(/C=N/NC(=O)C(O)c2ccccc2)o1. The van der Waals surface area contributed by atoms with Gasteiger partial charge in [-0.15, -0.1) is 0 Å². The van der Waals surface area contributed by atoms with E-state index in [1.807, 2.05) is 31.2 Å². The average Bonchev–Trinajstić information content (AvgIpc) is 3.12. The van der Waals surface area contributed by atoms with Crippen LogP contribution in [0.25, 0.3) is 11.3 Å². The lowest BCUT2D eigenvalue weighted by molar-refractivity contribution is -0.129. The molecule has 132 valence electrons. The smallest absolute Gasteiger partial charge is 0.273 e. The lowest BCUT2D eigenvalue weighted by Gasteiger charge is -2.08. The molecule has 6 heteroatoms. The number of carbonyl (C=O) groups is 1. The highest BCUT2D eigenvalue weighted by atomic mass is 35.5. The van der Waals surface area contributed by atoms with Crippen LogP contribution in [0.15, 0.2) is 70.2 Å². The number of hydrazone groups is 1. The lowest BCUT2D eigenvalue weighted by Crippen LogP contribution is -2.25. The molecule has 3 rings (SSSR count). The van der Waals surface area contributed by atoms with Crippen LogP contribution in [0.1, 0.15) is 23.0 Å². The molecule has 0 aliphatic carbocycles. The lowest BCUT2D eigenvalue weighted by atomic mass is 10.1. The van der Waals surface area contributed by atoms with E-state index in [1.165, 1.54) is 6.21 Å². The number of hydrogen-bond donors (Lipinski definition) is 2. The number of aryl methyl sites for hydroxylation is 1. The summed E-state index contributed by atoms with van der Waals surface area (Å²) in [4.78, 5) is 11.9. The highest BCUT2D eigenvalue weighted by Crippen LogP contribution is 2.27. The fraction of sp³-hybridized carbons (Fsp3) is 0.100. The van der Waals surface area contributed by atoms with Crippen molar-refractivity contribution in [3.8, 4) is 11.3 Å². The Morgan fingerprint density at radius 3 is 2.73 bits per heavy atom. The van der Waals surface area contributed by atoms with Crippen LogP contribution < -0.4 is 5.43 Å². The van der Waals surface area contributed by atoms with E-state index in [9.17, 15) is 9.90 Å². The zero-order valence-corrected chi connectivity index (χ0v) is 14.8. The first-order valence-electron chi connectivity index (χ1n) is 7.97. The van der Waals surface area contributed by atoms with E-state index in [0.29, 0.717) is 22.1 Å². The molecule has 1 heterocycles. The summed E-state index contributed by atoms with van der Waals surface area (Å²) in [5.41, 5.74) is 4.72. The second-order valence-corrected chi connectivity index (χ2v) is 6.15. The Hall–Kier alpha value is -2.89. The summed E-state index contributed by atoms with van der Waals surface area (Å²) in [6, 6.07) is 17.7. The quantitative estimate of drug-likeness (QED) is 0.526. The molecule has 1 aromatic heterocycles. The molecule has 0 saturated carbocycles. The number of rotatable bonds is 5. The third kappa shape index (κ3) is 4.20. The molecule has 0 saturated heterocycles. The van der Waals surface area contributed by atoms with Gasteiger partial charge in [0.1, 0.15) is 11.5 Å². The van der Waals surface area contributed by atoms with E-state index < -0.39 is 12.0 Å². The molecule has 2 aromatic carbocycles. The molecule has 0 aliphatic heterocycles. The van der Waals surface area contributed by atoms with Gasteiger partial charge in [-0.25, -0.2) is 5.43 Å². The van der Waals surface area contributed by atoms with E-state index >= 15 is 0 Å². The monoisotopic (exact) mass is 368 g/mol. The molecule has 1 unspecified atom stereocenters. The molecule has 3 aromatic rings. The number of nitrogens with zero attached hydrogens (tertiary/aromatic N) is 1. The molecule has 0 spiro atoms. The minimum absolute atomic E-state index is 0.467. The first-order valence-corrected chi connectivity index (χ1v) is 8.34. The standard InChI is InChI=1S/C20H17ClN2O3/c1-13-7-8-15(21)11-17(13)18-10-9-16(26-18)12-22-23-20(25)19(24)14-5-3-2-4-6-14/h2-12,19,24H,1H3,(H,23,25)/b22-12+. The largest absolute Gasteiger partial charge is 0.455 e. The van der Waals surface area contributed by atoms with Gasteiger partial charge in [0.2, 0.25) is 0 Å². The summed E-state index contributed by atoms with van der Waals surface area (Å²) in [5.74, 6) is 0.501. The Balaban J connectivity index is 1.66. The summed E-state index contributed by atoms with van der Waals surface area (Å²) in [6.07, 6.45) is 0.0912. The van der Waals surface area contributed by atoms with Crippen molar-refractivity contribution in [3.63, 3.8) is 0 Å². The number of benzene rings is 2. The maximum absolute atomic E-state index is 11.9. The third-order valence-electron chi connectivity index (χ3n) is 3.82. The van der Waals surface area contributed by atoms with Gasteiger partial charge in [0.05, 0.1) is 6.21 Å². The normalized spacial score (nSPS) is 12.3. The summed E-state index contributed by atoms with van der Waals surface area (Å²) in [7, 11) is 0. The van der Waals surface area contributed by atoms with Gasteiger partial charge in [-0.1, -0.05) is 48.0 Å². The van der Waals surface area contributed by atoms with Gasteiger partial charge < -0.3 is 9.52 Å². The van der Waals surface area contributed by atoms with Crippen LogP contribution in [0.5, 0.6) is 0 Å². The molecule has 1 atom stereocenters. The van der Waals surface area contributed by atoms with Gasteiger partial charge in [0.25, 0.3) is 5.91 Å². The predicted octanol–water partition coefficient (Wildman–Crippen LogP) is 4.09. The zero-order valence-electron chi connectivity index (χ0n) is 14.0. The molecular weight excluding hydrogens is 352 g/mol. The molecular formula is C20H17ClN2O3. The zero-order chi connectivity index (χ0) is 18.5. The van der Waals surface area contributed by atoms with Crippen molar-refractivity contribution in [2.24, 2.45) is 5.10 Å². The molecule has 0 aliphatic rings. The molecule has 5 nitrogen and oxygen atoms in total. The highest BCUT2D eigenvalue weighted by Gasteiger charge is 2.16. The summed E-state index contributed by atoms with van der Waals surface area (Å²) in [5, 5.41) is 14.4. The number of amides is 1. The molecule has 0 radical (unpaired) electrons. The minimum Gasteiger partial charge on any atom is -0.455 e. The molecule has 0 bridgehead atoms. The number of carbonyl (C=O) groups excluding carboxylic acids is 1. The van der Waals surface area contributed by atoms with Crippen molar-refractivity contribution in [3.05, 3.63) is 82.6 Å². The van der Waals surface area contributed by atoms with Crippen molar-refractivity contribution in [1.82, 2.24) is 5.43 Å². The highest BCUT2D eigenvalue weighted by molar-refractivity contribution is 6.30. The first kappa shape index (κ1) is 17.9. The second-order valence-electron chi connectivity index (χ2n) is 5.71. The minimum atomic E-state index is -1.28. The van der Waals surface area contributed by atoms with Crippen molar-refractivity contribution in [1.29, 1.82) is 0 Å². The molecule has 2 N–H and O–H groups in total. The van der Waals surface area contributed by atoms with Crippen LogP contribution in [0.3, 0.4) is 0 Å². The van der Waals surface area contributed by atoms with E-state index in [0.717, 1.165) is 11.1 Å². The van der Waals surface area contributed by atoms with Gasteiger partial charge in [0.15, 0.2) is 6.10 Å². The van der Waals surface area contributed by atoms with E-state index in [1.54, 1.807) is 36.4 Å². The summed E-state index contributed by atoms with van der Waals surface area (Å²) < 4.78 is 5.71. The van der Waals surface area contributed by atoms with Gasteiger partial charge in [0, 0.05) is 10.6 Å². The van der Waals surface area contributed by atoms with E-state index in [2.05, 4.69) is 10.5 Å². The topological polar surface area (TPSA) is 74.8 Å². The van der Waals surface area contributed by atoms with Gasteiger partial charge >= 0.3 is 0 Å². The van der Waals surface area contributed by atoms with Crippen LogP contribution in [0.4, 0.5) is 0 Å². The number of furan rings is 1. The molecule has 1 amide bonds. The van der Waals surface area contributed by atoms with Gasteiger partial charge in [-0.05, 0) is 42.3 Å². The number of nitrogens with one attached hydrogen (secondary N) is 1. The first-order chi connectivity index (χ1) is 12.5. The maximum atomic E-state index is 11.9.